The van der Waals surface area contributed by atoms with Crippen molar-refractivity contribution in [2.45, 2.75) is 33.4 Å². The number of hydrogen-bond acceptors (Lipinski definition) is 2. The van der Waals surface area contributed by atoms with Crippen LogP contribution in [0, 0.1) is 13.8 Å². The zero-order chi connectivity index (χ0) is 13.3. The van der Waals surface area contributed by atoms with Crippen molar-refractivity contribution in [2.24, 2.45) is 5.73 Å². The fourth-order valence-corrected chi connectivity index (χ4v) is 2.72. The maximum Gasteiger partial charge on any atom is 0.0738 e. The van der Waals surface area contributed by atoms with Gasteiger partial charge in [-0.25, -0.2) is 0 Å². The van der Waals surface area contributed by atoms with Crippen molar-refractivity contribution in [1.82, 2.24) is 9.78 Å². The van der Waals surface area contributed by atoms with Gasteiger partial charge in [0.2, 0.25) is 0 Å². The monoisotopic (exact) mass is 307 g/mol. The Bertz CT molecular complexity index is 560. The lowest BCUT2D eigenvalue weighted by Crippen LogP contribution is -2.18. The summed E-state index contributed by atoms with van der Waals surface area (Å²) in [5, 5.41) is 4.32. The van der Waals surface area contributed by atoms with Crippen LogP contribution in [0.1, 0.15) is 35.3 Å². The van der Waals surface area contributed by atoms with Gasteiger partial charge in [-0.15, -0.1) is 0 Å². The van der Waals surface area contributed by atoms with Gasteiger partial charge in [0.25, 0.3) is 0 Å². The molecule has 0 bridgehead atoms. The minimum atomic E-state index is -0.151. The average Bonchev–Trinajstić information content (AvgIpc) is 2.72. The zero-order valence-electron chi connectivity index (χ0n) is 10.9. The number of nitrogens with zero attached hydrogens (tertiary/aromatic N) is 2. The van der Waals surface area contributed by atoms with E-state index < -0.39 is 0 Å². The van der Waals surface area contributed by atoms with E-state index in [-0.39, 0.29) is 6.04 Å². The molecule has 1 atom stereocenters. The summed E-state index contributed by atoms with van der Waals surface area (Å²) in [6, 6.07) is 6.23. The quantitative estimate of drug-likeness (QED) is 0.945. The van der Waals surface area contributed by atoms with E-state index in [1.54, 1.807) is 0 Å². The van der Waals surface area contributed by atoms with Crippen LogP contribution in [0.3, 0.4) is 0 Å². The van der Waals surface area contributed by atoms with Gasteiger partial charge in [-0.05, 0) is 47.8 Å². The Kier molecular flexibility index (Phi) is 3.88. The molecule has 0 aliphatic carbocycles. The number of halogens is 1. The summed E-state index contributed by atoms with van der Waals surface area (Å²) in [5.74, 6) is 0. The third kappa shape index (κ3) is 2.35. The van der Waals surface area contributed by atoms with Gasteiger partial charge in [-0.1, -0.05) is 23.8 Å². The lowest BCUT2D eigenvalue weighted by molar-refractivity contribution is 0.598. The second-order valence-corrected chi connectivity index (χ2v) is 5.39. The van der Waals surface area contributed by atoms with E-state index in [9.17, 15) is 0 Å². The second kappa shape index (κ2) is 5.24. The Morgan fingerprint density at radius 3 is 2.78 bits per heavy atom. The molecule has 0 radical (unpaired) electrons. The van der Waals surface area contributed by atoms with Crippen molar-refractivity contribution in [3.63, 3.8) is 0 Å². The van der Waals surface area contributed by atoms with E-state index in [0.717, 1.165) is 22.3 Å². The topological polar surface area (TPSA) is 43.8 Å². The molecule has 0 saturated heterocycles. The molecule has 4 heteroatoms. The molecule has 0 spiro atoms. The number of hydrogen-bond donors (Lipinski definition) is 1. The van der Waals surface area contributed by atoms with Crippen LogP contribution in [-0.2, 0) is 6.54 Å². The SMILES string of the molecule is CCn1ncc(Br)c1C(N)c1cc(C)ccc1C. The number of nitrogens with two attached hydrogens (primary N) is 1. The van der Waals surface area contributed by atoms with E-state index in [1.807, 2.05) is 10.9 Å². The molecule has 0 amide bonds. The van der Waals surface area contributed by atoms with Crippen molar-refractivity contribution < 1.29 is 0 Å². The molecule has 96 valence electrons. The lowest BCUT2D eigenvalue weighted by Gasteiger charge is -2.17. The van der Waals surface area contributed by atoms with Gasteiger partial charge in [0, 0.05) is 6.54 Å². The van der Waals surface area contributed by atoms with Crippen molar-refractivity contribution in [1.29, 1.82) is 0 Å². The molecule has 18 heavy (non-hydrogen) atoms. The Morgan fingerprint density at radius 2 is 2.11 bits per heavy atom. The highest BCUT2D eigenvalue weighted by atomic mass is 79.9. The highest BCUT2D eigenvalue weighted by Gasteiger charge is 2.19. The summed E-state index contributed by atoms with van der Waals surface area (Å²) in [4.78, 5) is 0. The van der Waals surface area contributed by atoms with Crippen LogP contribution in [0.2, 0.25) is 0 Å². The molecule has 1 aromatic heterocycles. The zero-order valence-corrected chi connectivity index (χ0v) is 12.5. The highest BCUT2D eigenvalue weighted by molar-refractivity contribution is 9.10. The Hall–Kier alpha value is -1.13. The van der Waals surface area contributed by atoms with Crippen molar-refractivity contribution in [3.05, 3.63) is 51.3 Å². The van der Waals surface area contributed by atoms with Gasteiger partial charge in [0.1, 0.15) is 0 Å². The Morgan fingerprint density at radius 1 is 1.39 bits per heavy atom. The van der Waals surface area contributed by atoms with E-state index in [4.69, 9.17) is 5.73 Å². The molecule has 1 aromatic carbocycles. The fourth-order valence-electron chi connectivity index (χ4n) is 2.18. The normalized spacial score (nSPS) is 12.7. The van der Waals surface area contributed by atoms with Gasteiger partial charge >= 0.3 is 0 Å². The Balaban J connectivity index is 2.50. The minimum absolute atomic E-state index is 0.151. The lowest BCUT2D eigenvalue weighted by atomic mass is 9.97. The number of aromatic nitrogens is 2. The smallest absolute Gasteiger partial charge is 0.0738 e. The molecule has 0 saturated carbocycles. The first kappa shape index (κ1) is 13.3. The largest absolute Gasteiger partial charge is 0.319 e. The molecule has 2 N–H and O–H groups in total. The van der Waals surface area contributed by atoms with Crippen LogP contribution in [0.4, 0.5) is 0 Å². The van der Waals surface area contributed by atoms with Gasteiger partial charge < -0.3 is 5.73 Å². The first-order valence-corrected chi connectivity index (χ1v) is 6.87. The predicted octanol–water partition coefficient (Wildman–Crippen LogP) is 3.33. The van der Waals surface area contributed by atoms with E-state index in [0.29, 0.717) is 0 Å². The first-order valence-electron chi connectivity index (χ1n) is 6.08. The summed E-state index contributed by atoms with van der Waals surface area (Å²) in [6.07, 6.45) is 1.81. The molecular weight excluding hydrogens is 290 g/mol. The summed E-state index contributed by atoms with van der Waals surface area (Å²) >= 11 is 3.54. The van der Waals surface area contributed by atoms with E-state index >= 15 is 0 Å². The molecule has 2 rings (SSSR count). The third-order valence-electron chi connectivity index (χ3n) is 3.20. The summed E-state index contributed by atoms with van der Waals surface area (Å²) in [7, 11) is 0. The van der Waals surface area contributed by atoms with Crippen LogP contribution in [-0.4, -0.2) is 9.78 Å². The van der Waals surface area contributed by atoms with Gasteiger partial charge in [0.05, 0.1) is 22.4 Å². The van der Waals surface area contributed by atoms with Crippen molar-refractivity contribution in [2.75, 3.05) is 0 Å². The van der Waals surface area contributed by atoms with Crippen LogP contribution >= 0.6 is 15.9 Å². The fraction of sp³-hybridized carbons (Fsp3) is 0.357. The number of benzene rings is 1. The maximum atomic E-state index is 6.42. The summed E-state index contributed by atoms with van der Waals surface area (Å²) < 4.78 is 2.91. The van der Waals surface area contributed by atoms with Crippen LogP contribution in [0.25, 0.3) is 0 Å². The second-order valence-electron chi connectivity index (χ2n) is 4.53. The van der Waals surface area contributed by atoms with Gasteiger partial charge in [-0.2, -0.15) is 5.10 Å². The Labute approximate surface area is 116 Å². The predicted molar refractivity (Wildman–Crippen MR) is 77.5 cm³/mol. The average molecular weight is 308 g/mol. The van der Waals surface area contributed by atoms with E-state index in [1.165, 1.54) is 11.1 Å². The maximum absolute atomic E-state index is 6.42. The van der Waals surface area contributed by atoms with Crippen molar-refractivity contribution >= 4 is 15.9 Å². The standard InChI is InChI=1S/C14H18BrN3/c1-4-18-14(12(15)8-17-18)13(16)11-7-9(2)5-6-10(11)3/h5-8,13H,4,16H2,1-3H3. The molecule has 1 heterocycles. The van der Waals surface area contributed by atoms with Crippen LogP contribution < -0.4 is 5.73 Å². The molecule has 0 fully saturated rings. The summed E-state index contributed by atoms with van der Waals surface area (Å²) in [6.45, 7) is 7.06. The molecule has 3 nitrogen and oxygen atoms in total. The molecular formula is C14H18BrN3. The van der Waals surface area contributed by atoms with Gasteiger partial charge in [-0.3, -0.25) is 4.68 Å². The van der Waals surface area contributed by atoms with Crippen LogP contribution in [0.15, 0.2) is 28.9 Å². The first-order chi connectivity index (χ1) is 8.54. The van der Waals surface area contributed by atoms with Crippen molar-refractivity contribution in [3.8, 4) is 0 Å². The number of rotatable bonds is 3. The molecule has 0 aliphatic rings. The van der Waals surface area contributed by atoms with Gasteiger partial charge in [0.15, 0.2) is 0 Å². The third-order valence-corrected chi connectivity index (χ3v) is 3.81. The number of aryl methyl sites for hydroxylation is 3. The molecule has 1 unspecified atom stereocenters. The highest BCUT2D eigenvalue weighted by Crippen LogP contribution is 2.29. The molecule has 0 aliphatic heterocycles. The minimum Gasteiger partial charge on any atom is -0.319 e. The summed E-state index contributed by atoms with van der Waals surface area (Å²) in [5.41, 5.74) is 11.0. The van der Waals surface area contributed by atoms with E-state index in [2.05, 4.69) is 60.0 Å². The molecule has 2 aromatic rings. The van der Waals surface area contributed by atoms with Crippen LogP contribution in [0.5, 0.6) is 0 Å².